The molecular formula is C12H12F3NO2S. The minimum absolute atomic E-state index is 0.00560. The van der Waals surface area contributed by atoms with Crippen molar-refractivity contribution in [1.82, 2.24) is 4.31 Å². The molecule has 0 fully saturated rings. The lowest BCUT2D eigenvalue weighted by atomic mass is 10.1. The summed E-state index contributed by atoms with van der Waals surface area (Å²) in [6.07, 6.45) is -0.392. The van der Waals surface area contributed by atoms with Gasteiger partial charge in [-0.05, 0) is 17.7 Å². The lowest BCUT2D eigenvalue weighted by Crippen LogP contribution is -2.27. The van der Waals surface area contributed by atoms with E-state index < -0.39 is 22.6 Å². The zero-order valence-corrected chi connectivity index (χ0v) is 10.9. The second-order valence-electron chi connectivity index (χ2n) is 3.90. The normalized spacial score (nSPS) is 12.4. The van der Waals surface area contributed by atoms with Crippen LogP contribution in [0.15, 0.2) is 29.2 Å². The predicted octanol–water partition coefficient (Wildman–Crippen LogP) is 2.05. The maximum atomic E-state index is 12.2. The molecule has 0 bridgehead atoms. The van der Waals surface area contributed by atoms with E-state index in [4.69, 9.17) is 6.42 Å². The lowest BCUT2D eigenvalue weighted by molar-refractivity contribution is -0.127. The maximum absolute atomic E-state index is 12.2. The Labute approximate surface area is 110 Å². The van der Waals surface area contributed by atoms with Crippen LogP contribution in [0.3, 0.4) is 0 Å². The highest BCUT2D eigenvalue weighted by molar-refractivity contribution is 7.89. The van der Waals surface area contributed by atoms with E-state index in [0.717, 1.165) is 28.6 Å². The fourth-order valence-corrected chi connectivity index (χ4v) is 2.49. The van der Waals surface area contributed by atoms with Crippen LogP contribution in [0.5, 0.6) is 0 Å². The van der Waals surface area contributed by atoms with Crippen molar-refractivity contribution < 1.29 is 21.6 Å². The summed E-state index contributed by atoms with van der Waals surface area (Å²) in [6, 6.07) is 4.57. The molecule has 0 heterocycles. The van der Waals surface area contributed by atoms with Gasteiger partial charge >= 0.3 is 6.18 Å². The van der Waals surface area contributed by atoms with Crippen molar-refractivity contribution in [3.05, 3.63) is 29.8 Å². The lowest BCUT2D eigenvalue weighted by Gasteiger charge is -2.14. The highest BCUT2D eigenvalue weighted by Crippen LogP contribution is 2.22. The summed E-state index contributed by atoms with van der Waals surface area (Å²) < 4.78 is 61.3. The molecule has 104 valence electrons. The maximum Gasteiger partial charge on any atom is 0.393 e. The molecule has 0 unspecified atom stereocenters. The molecule has 0 atom stereocenters. The second-order valence-corrected chi connectivity index (χ2v) is 5.95. The number of hydrogen-bond donors (Lipinski definition) is 0. The molecule has 0 spiro atoms. The Morgan fingerprint density at radius 3 is 2.21 bits per heavy atom. The average Bonchev–Trinajstić information content (AvgIpc) is 2.27. The van der Waals surface area contributed by atoms with Crippen LogP contribution in [0.2, 0.25) is 0 Å². The van der Waals surface area contributed by atoms with Gasteiger partial charge in [-0.2, -0.15) is 17.5 Å². The minimum Gasteiger partial charge on any atom is -0.207 e. The van der Waals surface area contributed by atoms with Crippen molar-refractivity contribution in [2.75, 3.05) is 13.6 Å². The van der Waals surface area contributed by atoms with E-state index >= 15 is 0 Å². The molecular weight excluding hydrogens is 279 g/mol. The minimum atomic E-state index is -4.32. The summed E-state index contributed by atoms with van der Waals surface area (Å²) in [7, 11) is -2.45. The Bertz CT molecular complexity index is 570. The molecule has 1 aromatic rings. The summed E-state index contributed by atoms with van der Waals surface area (Å²) in [5, 5.41) is 0. The highest BCUT2D eigenvalue weighted by atomic mass is 32.2. The number of nitrogens with zero attached hydrogens (tertiary/aromatic N) is 1. The van der Waals surface area contributed by atoms with Crippen LogP contribution in [0.25, 0.3) is 0 Å². The summed E-state index contributed by atoms with van der Waals surface area (Å²) in [5.41, 5.74) is 0.00560. The van der Waals surface area contributed by atoms with Gasteiger partial charge in [0.15, 0.2) is 0 Å². The van der Waals surface area contributed by atoms with Gasteiger partial charge in [0.05, 0.1) is 17.9 Å². The van der Waals surface area contributed by atoms with Gasteiger partial charge in [-0.25, -0.2) is 8.42 Å². The first kappa shape index (κ1) is 15.5. The van der Waals surface area contributed by atoms with Crippen LogP contribution in [0, 0.1) is 12.3 Å². The monoisotopic (exact) mass is 291 g/mol. The van der Waals surface area contributed by atoms with Gasteiger partial charge in [0.1, 0.15) is 0 Å². The molecule has 19 heavy (non-hydrogen) atoms. The summed E-state index contributed by atoms with van der Waals surface area (Å²) in [5.74, 6) is 2.18. The first-order valence-corrected chi connectivity index (χ1v) is 6.66. The molecule has 0 N–H and O–H groups in total. The van der Waals surface area contributed by atoms with Gasteiger partial charge in [-0.3, -0.25) is 0 Å². The molecule has 0 aromatic heterocycles. The van der Waals surface area contributed by atoms with Crippen molar-refractivity contribution in [1.29, 1.82) is 0 Å². The quantitative estimate of drug-likeness (QED) is 0.796. The number of hydrogen-bond acceptors (Lipinski definition) is 2. The van der Waals surface area contributed by atoms with Crippen molar-refractivity contribution in [2.45, 2.75) is 17.5 Å². The van der Waals surface area contributed by atoms with Crippen LogP contribution in [-0.2, 0) is 16.4 Å². The van der Waals surface area contributed by atoms with E-state index in [-0.39, 0.29) is 17.0 Å². The Kier molecular flexibility index (Phi) is 4.61. The number of sulfonamides is 1. The first-order valence-electron chi connectivity index (χ1n) is 5.22. The van der Waals surface area contributed by atoms with E-state index in [1.807, 2.05) is 0 Å². The average molecular weight is 291 g/mol. The standard InChI is InChI=1S/C12H12F3NO2S/c1-3-8-16(2)19(17,18)11-6-4-10(5-7-11)9-12(13,14)15/h1,4-7H,8-9H2,2H3. The van der Waals surface area contributed by atoms with Gasteiger partial charge in [-0.1, -0.05) is 18.1 Å². The van der Waals surface area contributed by atoms with Crippen molar-refractivity contribution in [3.63, 3.8) is 0 Å². The Balaban J connectivity index is 2.97. The van der Waals surface area contributed by atoms with Crippen molar-refractivity contribution in [3.8, 4) is 12.3 Å². The van der Waals surface area contributed by atoms with E-state index in [0.29, 0.717) is 0 Å². The van der Waals surface area contributed by atoms with E-state index in [2.05, 4.69) is 5.92 Å². The molecule has 0 aliphatic carbocycles. The Morgan fingerprint density at radius 2 is 1.79 bits per heavy atom. The van der Waals surface area contributed by atoms with Crippen molar-refractivity contribution in [2.24, 2.45) is 0 Å². The zero-order valence-electron chi connectivity index (χ0n) is 10.1. The molecule has 1 rings (SSSR count). The van der Waals surface area contributed by atoms with Gasteiger partial charge in [-0.15, -0.1) is 6.42 Å². The van der Waals surface area contributed by atoms with Crippen molar-refractivity contribution >= 4 is 10.0 Å². The van der Waals surface area contributed by atoms with Gasteiger partial charge < -0.3 is 0 Å². The molecule has 0 radical (unpaired) electrons. The summed E-state index contributed by atoms with van der Waals surface area (Å²) in [4.78, 5) is -0.0869. The third-order valence-corrected chi connectivity index (χ3v) is 4.17. The number of halogens is 3. The second kappa shape index (κ2) is 5.63. The number of rotatable bonds is 4. The zero-order chi connectivity index (χ0) is 14.7. The fourth-order valence-electron chi connectivity index (χ4n) is 1.40. The molecule has 7 heteroatoms. The molecule has 0 amide bonds. The number of terminal acetylenes is 1. The Hall–Kier alpha value is -1.52. The number of benzene rings is 1. The van der Waals surface area contributed by atoms with Crippen LogP contribution < -0.4 is 0 Å². The summed E-state index contributed by atoms with van der Waals surface area (Å²) in [6.45, 7) is -0.105. The smallest absolute Gasteiger partial charge is 0.207 e. The molecule has 1 aromatic carbocycles. The largest absolute Gasteiger partial charge is 0.393 e. The SMILES string of the molecule is C#CCN(C)S(=O)(=O)c1ccc(CC(F)(F)F)cc1. The Morgan fingerprint density at radius 1 is 1.26 bits per heavy atom. The van der Waals surface area contributed by atoms with E-state index in [1.54, 1.807) is 0 Å². The topological polar surface area (TPSA) is 37.4 Å². The summed E-state index contributed by atoms with van der Waals surface area (Å²) >= 11 is 0. The van der Waals surface area contributed by atoms with E-state index in [1.165, 1.54) is 7.05 Å². The highest BCUT2D eigenvalue weighted by Gasteiger charge is 2.28. The molecule has 0 aliphatic heterocycles. The first-order chi connectivity index (χ1) is 8.66. The molecule has 0 aliphatic rings. The van der Waals surface area contributed by atoms with Gasteiger partial charge in [0.2, 0.25) is 10.0 Å². The predicted molar refractivity (Wildman–Crippen MR) is 64.8 cm³/mol. The third-order valence-electron chi connectivity index (χ3n) is 2.35. The van der Waals surface area contributed by atoms with Crippen LogP contribution in [0.4, 0.5) is 13.2 Å². The van der Waals surface area contributed by atoms with Crippen LogP contribution in [0.1, 0.15) is 5.56 Å². The van der Waals surface area contributed by atoms with Crippen LogP contribution >= 0.6 is 0 Å². The van der Waals surface area contributed by atoms with Gasteiger partial charge in [0.25, 0.3) is 0 Å². The molecule has 0 saturated carbocycles. The fraction of sp³-hybridized carbons (Fsp3) is 0.333. The molecule has 3 nitrogen and oxygen atoms in total. The third kappa shape index (κ3) is 4.26. The number of alkyl halides is 3. The van der Waals surface area contributed by atoms with Gasteiger partial charge in [0, 0.05) is 7.05 Å². The molecule has 0 saturated heterocycles. The van der Waals surface area contributed by atoms with Crippen LogP contribution in [-0.4, -0.2) is 32.5 Å². The van der Waals surface area contributed by atoms with E-state index in [9.17, 15) is 21.6 Å².